The summed E-state index contributed by atoms with van der Waals surface area (Å²) in [6.45, 7) is 1.26. The predicted molar refractivity (Wildman–Crippen MR) is 115 cm³/mol. The van der Waals surface area contributed by atoms with Crippen LogP contribution in [0.1, 0.15) is 28.8 Å². The quantitative estimate of drug-likeness (QED) is 0.567. The number of carbonyl (C=O) groups is 1. The zero-order chi connectivity index (χ0) is 21.8. The number of aldehydes is 1. The molecule has 1 saturated heterocycles. The molecule has 1 fully saturated rings. The summed E-state index contributed by atoms with van der Waals surface area (Å²) in [7, 11) is -1.39. The zero-order valence-corrected chi connectivity index (χ0v) is 17.9. The Kier molecular flexibility index (Phi) is 6.36. The van der Waals surface area contributed by atoms with E-state index in [2.05, 4.69) is 26.5 Å². The van der Waals surface area contributed by atoms with Gasteiger partial charge in [-0.05, 0) is 31.0 Å². The van der Waals surface area contributed by atoms with Gasteiger partial charge in [-0.3, -0.25) is 4.79 Å². The number of hydrogen-bond acceptors (Lipinski definition) is 7. The van der Waals surface area contributed by atoms with Crippen molar-refractivity contribution in [3.63, 3.8) is 0 Å². The second-order valence-corrected chi connectivity index (χ2v) is 8.87. The molecule has 1 aromatic carbocycles. The number of nitriles is 1. The number of aromatic nitrogens is 4. The van der Waals surface area contributed by atoms with Gasteiger partial charge in [0.05, 0.1) is 45.3 Å². The van der Waals surface area contributed by atoms with Crippen LogP contribution in [0.4, 0.5) is 5.95 Å². The van der Waals surface area contributed by atoms with Crippen LogP contribution in [-0.2, 0) is 11.0 Å². The van der Waals surface area contributed by atoms with Crippen molar-refractivity contribution in [1.82, 2.24) is 24.1 Å². The summed E-state index contributed by atoms with van der Waals surface area (Å²) in [6.07, 6.45) is 8.28. The summed E-state index contributed by atoms with van der Waals surface area (Å²) in [6, 6.07) is 7.28. The number of nitrogens with one attached hydrogen (secondary N) is 1. The first kappa shape index (κ1) is 21.1. The van der Waals surface area contributed by atoms with Crippen molar-refractivity contribution in [2.24, 2.45) is 0 Å². The fourth-order valence-corrected chi connectivity index (χ4v) is 4.65. The molecular formula is C20H18ClN7O2S. The molecule has 4 rings (SSSR count). The highest BCUT2D eigenvalue weighted by Crippen LogP contribution is 2.23. The molecule has 0 aliphatic carbocycles. The van der Waals surface area contributed by atoms with Crippen LogP contribution >= 0.6 is 11.6 Å². The average Bonchev–Trinajstić information content (AvgIpc) is 3.29. The Morgan fingerprint density at radius 3 is 2.61 bits per heavy atom. The molecule has 1 N–H and O–H groups in total. The Bertz CT molecular complexity index is 1150. The van der Waals surface area contributed by atoms with Crippen molar-refractivity contribution in [2.45, 2.75) is 23.8 Å². The number of rotatable bonds is 6. The van der Waals surface area contributed by atoms with E-state index in [1.165, 1.54) is 17.1 Å². The van der Waals surface area contributed by atoms with Gasteiger partial charge in [0.2, 0.25) is 5.95 Å². The van der Waals surface area contributed by atoms with Crippen molar-refractivity contribution >= 4 is 34.8 Å². The molecule has 1 unspecified atom stereocenters. The van der Waals surface area contributed by atoms with Gasteiger partial charge in [0, 0.05) is 25.3 Å². The molecule has 0 spiro atoms. The first-order chi connectivity index (χ1) is 15.1. The molecule has 0 bridgehead atoms. The highest BCUT2D eigenvalue weighted by molar-refractivity contribution is 7.82. The highest BCUT2D eigenvalue weighted by atomic mass is 35.5. The largest absolute Gasteiger partial charge is 0.351 e. The van der Waals surface area contributed by atoms with Crippen LogP contribution in [0.15, 0.2) is 47.9 Å². The minimum absolute atomic E-state index is 0.178. The van der Waals surface area contributed by atoms with Gasteiger partial charge >= 0.3 is 0 Å². The third-order valence-corrected chi connectivity index (χ3v) is 6.61. The Hall–Kier alpha value is -3.13. The van der Waals surface area contributed by atoms with Gasteiger partial charge in [-0.2, -0.15) is 10.4 Å². The summed E-state index contributed by atoms with van der Waals surface area (Å²) in [5.41, 5.74) is 1.26. The first-order valence-electron chi connectivity index (χ1n) is 9.52. The van der Waals surface area contributed by atoms with Gasteiger partial charge in [0.25, 0.3) is 0 Å². The van der Waals surface area contributed by atoms with Crippen LogP contribution < -0.4 is 5.32 Å². The van der Waals surface area contributed by atoms with Gasteiger partial charge in [0.1, 0.15) is 17.1 Å². The molecule has 11 heteroatoms. The molecule has 0 amide bonds. The van der Waals surface area contributed by atoms with E-state index in [4.69, 9.17) is 11.6 Å². The van der Waals surface area contributed by atoms with Gasteiger partial charge < -0.3 is 5.32 Å². The number of piperidine rings is 1. The summed E-state index contributed by atoms with van der Waals surface area (Å²) < 4.78 is 16.5. The maximum Gasteiger partial charge on any atom is 0.222 e. The minimum atomic E-state index is -1.39. The Labute approximate surface area is 186 Å². The van der Waals surface area contributed by atoms with E-state index in [0.29, 0.717) is 52.1 Å². The van der Waals surface area contributed by atoms with E-state index in [1.54, 1.807) is 30.6 Å². The predicted octanol–water partition coefficient (Wildman–Crippen LogP) is 2.60. The summed E-state index contributed by atoms with van der Waals surface area (Å²) in [5.74, 6) is 0.523. The number of nitrogens with zero attached hydrogens (tertiary/aromatic N) is 6. The van der Waals surface area contributed by atoms with Crippen molar-refractivity contribution in [3.05, 3.63) is 59.1 Å². The van der Waals surface area contributed by atoms with Crippen LogP contribution in [0.2, 0.25) is 5.02 Å². The van der Waals surface area contributed by atoms with Crippen molar-refractivity contribution in [1.29, 1.82) is 5.26 Å². The lowest BCUT2D eigenvalue weighted by Crippen LogP contribution is -2.40. The van der Waals surface area contributed by atoms with E-state index in [0.717, 1.165) is 12.8 Å². The third-order valence-electron chi connectivity index (χ3n) is 4.92. The second-order valence-electron chi connectivity index (χ2n) is 6.95. The average molecular weight is 456 g/mol. The number of hydrogen-bond donors (Lipinski definition) is 1. The fraction of sp³-hybridized carbons (Fsp3) is 0.250. The van der Waals surface area contributed by atoms with Gasteiger partial charge in [-0.1, -0.05) is 11.6 Å². The lowest BCUT2D eigenvalue weighted by molar-refractivity contribution is 0.112. The molecule has 0 saturated carbocycles. The monoisotopic (exact) mass is 455 g/mol. The lowest BCUT2D eigenvalue weighted by atomic mass is 10.1. The molecule has 1 aliphatic heterocycles. The molecule has 9 nitrogen and oxygen atoms in total. The van der Waals surface area contributed by atoms with Crippen LogP contribution in [-0.4, -0.2) is 53.7 Å². The minimum Gasteiger partial charge on any atom is -0.351 e. The number of benzene rings is 1. The van der Waals surface area contributed by atoms with Crippen LogP contribution in [0.5, 0.6) is 0 Å². The maximum atomic E-state index is 13.2. The molecule has 0 radical (unpaired) electrons. The third kappa shape index (κ3) is 4.80. The number of anilines is 1. The Balaban J connectivity index is 1.45. The van der Waals surface area contributed by atoms with Gasteiger partial charge in [-0.15, -0.1) is 0 Å². The summed E-state index contributed by atoms with van der Waals surface area (Å²) in [5, 5.41) is 17.3. The van der Waals surface area contributed by atoms with E-state index >= 15 is 0 Å². The Morgan fingerprint density at radius 1 is 1.23 bits per heavy atom. The smallest absolute Gasteiger partial charge is 0.222 e. The molecular weight excluding hydrogens is 438 g/mol. The number of halogens is 1. The van der Waals surface area contributed by atoms with Crippen molar-refractivity contribution in [3.8, 4) is 11.8 Å². The van der Waals surface area contributed by atoms with Gasteiger partial charge in [-0.25, -0.2) is 23.2 Å². The van der Waals surface area contributed by atoms with E-state index in [1.807, 2.05) is 4.31 Å². The summed E-state index contributed by atoms with van der Waals surface area (Å²) >= 11 is 5.81. The van der Waals surface area contributed by atoms with E-state index in [-0.39, 0.29) is 6.04 Å². The normalized spacial score (nSPS) is 15.9. The maximum absolute atomic E-state index is 13.2. The lowest BCUT2D eigenvalue weighted by Gasteiger charge is -2.31. The van der Waals surface area contributed by atoms with E-state index < -0.39 is 11.0 Å². The van der Waals surface area contributed by atoms with Crippen LogP contribution in [0, 0.1) is 11.3 Å². The van der Waals surface area contributed by atoms with Crippen LogP contribution in [0.25, 0.3) is 5.69 Å². The molecule has 1 aliphatic rings. The molecule has 3 aromatic rings. The zero-order valence-electron chi connectivity index (χ0n) is 16.3. The second kappa shape index (κ2) is 9.34. The highest BCUT2D eigenvalue weighted by Gasteiger charge is 2.25. The first-order valence-corrected chi connectivity index (χ1v) is 11.0. The molecule has 2 aromatic heterocycles. The topological polar surface area (TPSA) is 117 Å². The Morgan fingerprint density at radius 2 is 1.97 bits per heavy atom. The molecule has 3 heterocycles. The summed E-state index contributed by atoms with van der Waals surface area (Å²) in [4.78, 5) is 19.8. The molecule has 158 valence electrons. The number of carbonyl (C=O) groups excluding carboxylic acids is 1. The van der Waals surface area contributed by atoms with Crippen molar-refractivity contribution < 1.29 is 9.00 Å². The van der Waals surface area contributed by atoms with Crippen molar-refractivity contribution in [2.75, 3.05) is 18.4 Å². The van der Waals surface area contributed by atoms with Crippen LogP contribution in [0.3, 0.4) is 0 Å². The van der Waals surface area contributed by atoms with E-state index in [9.17, 15) is 14.3 Å². The fourth-order valence-electron chi connectivity index (χ4n) is 3.32. The SMILES string of the molecule is N#Cc1ccc(S(=O)N2CCC(Nc3ncc(Cl)cn3)CC2)cc1-n1cc(C=O)cn1. The van der Waals surface area contributed by atoms with Gasteiger partial charge in [0.15, 0.2) is 6.29 Å². The molecule has 31 heavy (non-hydrogen) atoms. The standard InChI is InChI=1S/C20H18ClN7O2S/c21-16-10-23-20(24-11-16)26-17-3-5-27(6-4-17)31(30)18-2-1-15(8-22)19(7-18)28-12-14(13-29)9-25-28/h1-2,7,9-13,17H,3-6H2,(H,23,24,26). The molecule has 1 atom stereocenters.